The molecule has 1 saturated heterocycles. The molecule has 0 saturated carbocycles. The van der Waals surface area contributed by atoms with Crippen LogP contribution in [-0.4, -0.2) is 43.1 Å². The Morgan fingerprint density at radius 3 is 2.52 bits per heavy atom. The van der Waals surface area contributed by atoms with Crippen molar-refractivity contribution in [1.29, 1.82) is 0 Å². The number of carbonyl (C=O) groups excluding carboxylic acids is 2. The Morgan fingerprint density at radius 2 is 1.77 bits per heavy atom. The van der Waals surface area contributed by atoms with Crippen LogP contribution in [0.15, 0.2) is 36.4 Å². The Labute approximate surface area is 179 Å². The van der Waals surface area contributed by atoms with Crippen molar-refractivity contribution >= 4 is 11.9 Å². The van der Waals surface area contributed by atoms with Gasteiger partial charge in [-0.15, -0.1) is 0 Å². The normalized spacial score (nSPS) is 13.6. The van der Waals surface area contributed by atoms with Crippen molar-refractivity contribution in [2.24, 2.45) is 0 Å². The number of carbonyl (C=O) groups is 2. The molecule has 166 valence electrons. The smallest absolute Gasteiger partial charge is 0.338 e. The van der Waals surface area contributed by atoms with Gasteiger partial charge in [0.25, 0.3) is 5.91 Å². The van der Waals surface area contributed by atoms with Gasteiger partial charge in [0.1, 0.15) is 6.61 Å². The van der Waals surface area contributed by atoms with Gasteiger partial charge in [-0.1, -0.05) is 12.1 Å². The second kappa shape index (κ2) is 10.7. The van der Waals surface area contributed by atoms with Crippen LogP contribution in [-0.2, 0) is 16.1 Å². The molecule has 1 aliphatic rings. The number of amides is 1. The third kappa shape index (κ3) is 5.93. The molecule has 1 amide bonds. The van der Waals surface area contributed by atoms with Crippen LogP contribution < -0.4 is 9.47 Å². The lowest BCUT2D eigenvalue weighted by Gasteiger charge is -2.26. The van der Waals surface area contributed by atoms with Gasteiger partial charge in [0.2, 0.25) is 0 Å². The summed E-state index contributed by atoms with van der Waals surface area (Å²) in [6, 6.07) is 8.10. The first-order chi connectivity index (χ1) is 15.0. The van der Waals surface area contributed by atoms with Crippen LogP contribution in [0.5, 0.6) is 11.5 Å². The number of piperidine rings is 1. The minimum atomic E-state index is -1.05. The molecule has 1 heterocycles. The minimum absolute atomic E-state index is 0.0606. The first kappa shape index (κ1) is 22.5. The molecule has 8 heteroatoms. The molecule has 2 aromatic carbocycles. The van der Waals surface area contributed by atoms with Crippen LogP contribution >= 0.6 is 0 Å². The van der Waals surface area contributed by atoms with Crippen LogP contribution in [0.3, 0.4) is 0 Å². The van der Waals surface area contributed by atoms with E-state index in [1.807, 2.05) is 0 Å². The number of ether oxygens (including phenoxy) is 3. The van der Waals surface area contributed by atoms with Gasteiger partial charge < -0.3 is 19.1 Å². The van der Waals surface area contributed by atoms with E-state index in [2.05, 4.69) is 0 Å². The fourth-order valence-electron chi connectivity index (χ4n) is 3.28. The number of benzene rings is 2. The van der Waals surface area contributed by atoms with Crippen molar-refractivity contribution in [1.82, 2.24) is 4.90 Å². The van der Waals surface area contributed by atoms with Crippen LogP contribution in [0.4, 0.5) is 8.78 Å². The van der Waals surface area contributed by atoms with Gasteiger partial charge in [0, 0.05) is 18.7 Å². The summed E-state index contributed by atoms with van der Waals surface area (Å²) in [5.41, 5.74) is 0.101. The highest BCUT2D eigenvalue weighted by Gasteiger charge is 2.19. The molecule has 0 aromatic heterocycles. The summed E-state index contributed by atoms with van der Waals surface area (Å²) in [5, 5.41) is 0. The lowest BCUT2D eigenvalue weighted by Crippen LogP contribution is -2.38. The lowest BCUT2D eigenvalue weighted by atomic mass is 10.1. The molecule has 1 aliphatic heterocycles. The predicted molar refractivity (Wildman–Crippen MR) is 109 cm³/mol. The number of hydrogen-bond acceptors (Lipinski definition) is 5. The summed E-state index contributed by atoms with van der Waals surface area (Å²) < 4.78 is 43.3. The van der Waals surface area contributed by atoms with Crippen molar-refractivity contribution in [2.45, 2.75) is 32.8 Å². The molecule has 0 aliphatic carbocycles. The number of hydrogen-bond donors (Lipinski definition) is 0. The van der Waals surface area contributed by atoms with E-state index >= 15 is 0 Å². The Morgan fingerprint density at radius 1 is 1.00 bits per heavy atom. The van der Waals surface area contributed by atoms with Crippen molar-refractivity contribution in [3.8, 4) is 11.5 Å². The second-order valence-corrected chi connectivity index (χ2v) is 7.11. The SMILES string of the molecule is CCOc1cc(C(=O)OCc2cccc(F)c2F)ccc1OCC(=O)N1CCCCC1. The third-order valence-electron chi connectivity index (χ3n) is 4.93. The fraction of sp³-hybridized carbons (Fsp3) is 0.391. The number of nitrogens with zero attached hydrogens (tertiary/aromatic N) is 1. The molecular formula is C23H25F2NO5. The highest BCUT2D eigenvalue weighted by molar-refractivity contribution is 5.90. The molecule has 3 rings (SSSR count). The topological polar surface area (TPSA) is 65.1 Å². The average Bonchev–Trinajstić information content (AvgIpc) is 2.79. The van der Waals surface area contributed by atoms with E-state index < -0.39 is 24.2 Å². The monoisotopic (exact) mass is 433 g/mol. The summed E-state index contributed by atoms with van der Waals surface area (Å²) >= 11 is 0. The predicted octanol–water partition coefficient (Wildman–Crippen LogP) is 4.11. The van der Waals surface area contributed by atoms with Crippen LogP contribution in [0.2, 0.25) is 0 Å². The molecule has 0 bridgehead atoms. The quantitative estimate of drug-likeness (QED) is 0.586. The minimum Gasteiger partial charge on any atom is -0.490 e. The molecule has 1 fully saturated rings. The van der Waals surface area contributed by atoms with Gasteiger partial charge in [-0.25, -0.2) is 13.6 Å². The molecule has 0 atom stereocenters. The lowest BCUT2D eigenvalue weighted by molar-refractivity contribution is -0.134. The standard InChI is InChI=1S/C23H25F2NO5/c1-2-29-20-13-16(23(28)31-14-17-7-6-8-18(24)22(17)25)9-10-19(20)30-15-21(27)26-11-4-3-5-12-26/h6-10,13H,2-5,11-12,14-15H2,1H3. The van der Waals surface area contributed by atoms with Gasteiger partial charge in [0.15, 0.2) is 29.7 Å². The number of rotatable bonds is 8. The average molecular weight is 433 g/mol. The largest absolute Gasteiger partial charge is 0.490 e. The summed E-state index contributed by atoms with van der Waals surface area (Å²) in [5.74, 6) is -2.25. The maximum absolute atomic E-state index is 13.7. The van der Waals surface area contributed by atoms with Gasteiger partial charge in [-0.05, 0) is 50.5 Å². The Balaban J connectivity index is 1.63. The molecule has 6 nitrogen and oxygen atoms in total. The molecular weight excluding hydrogens is 408 g/mol. The highest BCUT2D eigenvalue weighted by Crippen LogP contribution is 2.29. The zero-order valence-corrected chi connectivity index (χ0v) is 17.4. The summed E-state index contributed by atoms with van der Waals surface area (Å²) in [7, 11) is 0. The van der Waals surface area contributed by atoms with Gasteiger partial charge in [0.05, 0.1) is 12.2 Å². The van der Waals surface area contributed by atoms with Crippen LogP contribution in [0.25, 0.3) is 0 Å². The number of esters is 1. The van der Waals surface area contributed by atoms with Crippen molar-refractivity contribution in [3.05, 3.63) is 59.2 Å². The zero-order valence-electron chi connectivity index (χ0n) is 17.4. The van der Waals surface area contributed by atoms with Crippen LogP contribution in [0, 0.1) is 11.6 Å². The molecule has 31 heavy (non-hydrogen) atoms. The van der Waals surface area contributed by atoms with Crippen molar-refractivity contribution in [2.75, 3.05) is 26.3 Å². The maximum Gasteiger partial charge on any atom is 0.338 e. The van der Waals surface area contributed by atoms with Crippen molar-refractivity contribution in [3.63, 3.8) is 0 Å². The molecule has 2 aromatic rings. The number of likely N-dealkylation sites (tertiary alicyclic amines) is 1. The Hall–Kier alpha value is -3.16. The zero-order chi connectivity index (χ0) is 22.2. The van der Waals surface area contributed by atoms with E-state index in [1.54, 1.807) is 11.8 Å². The Bertz CT molecular complexity index is 928. The fourth-order valence-corrected chi connectivity index (χ4v) is 3.28. The first-order valence-electron chi connectivity index (χ1n) is 10.3. The van der Waals surface area contributed by atoms with E-state index in [1.165, 1.54) is 30.3 Å². The van der Waals surface area contributed by atoms with Crippen LogP contribution in [0.1, 0.15) is 42.1 Å². The molecule has 0 radical (unpaired) electrons. The molecule has 0 N–H and O–H groups in total. The van der Waals surface area contributed by atoms with Gasteiger partial charge >= 0.3 is 5.97 Å². The van der Waals surface area contributed by atoms with E-state index in [0.717, 1.165) is 38.4 Å². The van der Waals surface area contributed by atoms with E-state index in [0.29, 0.717) is 18.1 Å². The van der Waals surface area contributed by atoms with Gasteiger partial charge in [-0.3, -0.25) is 4.79 Å². The first-order valence-corrected chi connectivity index (χ1v) is 10.3. The van der Waals surface area contributed by atoms with Gasteiger partial charge in [-0.2, -0.15) is 0 Å². The summed E-state index contributed by atoms with van der Waals surface area (Å²) in [6.07, 6.45) is 3.11. The maximum atomic E-state index is 13.7. The summed E-state index contributed by atoms with van der Waals surface area (Å²) in [6.45, 7) is 3.04. The Kier molecular flexibility index (Phi) is 7.81. The van der Waals surface area contributed by atoms with Crippen molar-refractivity contribution < 1.29 is 32.6 Å². The van der Waals surface area contributed by atoms with E-state index in [4.69, 9.17) is 14.2 Å². The molecule has 0 unspecified atom stereocenters. The second-order valence-electron chi connectivity index (χ2n) is 7.11. The highest BCUT2D eigenvalue weighted by atomic mass is 19.2. The van der Waals surface area contributed by atoms with E-state index in [-0.39, 0.29) is 23.6 Å². The number of halogens is 2. The van der Waals surface area contributed by atoms with E-state index in [9.17, 15) is 18.4 Å². The summed E-state index contributed by atoms with van der Waals surface area (Å²) in [4.78, 5) is 26.5. The third-order valence-corrected chi connectivity index (χ3v) is 4.93. The molecule has 0 spiro atoms.